The third-order valence-corrected chi connectivity index (χ3v) is 5.60. The number of ether oxygens (including phenoxy) is 2. The van der Waals surface area contributed by atoms with Gasteiger partial charge in [-0.25, -0.2) is 4.79 Å². The highest BCUT2D eigenvalue weighted by molar-refractivity contribution is 5.87. The first-order valence-corrected chi connectivity index (χ1v) is 11.7. The van der Waals surface area contributed by atoms with E-state index in [1.54, 1.807) is 36.4 Å². The molecule has 0 spiro atoms. The van der Waals surface area contributed by atoms with Crippen LogP contribution in [0.15, 0.2) is 48.5 Å². The Morgan fingerprint density at radius 2 is 1.78 bits per heavy atom. The maximum absolute atomic E-state index is 12.9. The molecule has 0 fully saturated rings. The molecule has 0 radical (unpaired) electrons. The topological polar surface area (TPSA) is 129 Å². The number of carbonyl (C=O) groups excluding carboxylic acids is 3. The first kappa shape index (κ1) is 27.0. The molecule has 0 bridgehead atoms. The Morgan fingerprint density at radius 1 is 1.06 bits per heavy atom. The zero-order valence-corrected chi connectivity index (χ0v) is 21.1. The fourth-order valence-corrected chi connectivity index (χ4v) is 3.66. The van der Waals surface area contributed by atoms with Crippen LogP contribution in [0.5, 0.6) is 0 Å². The Hall–Kier alpha value is -3.63. The first-order chi connectivity index (χ1) is 17.1. The van der Waals surface area contributed by atoms with E-state index in [0.717, 1.165) is 5.56 Å². The van der Waals surface area contributed by atoms with Gasteiger partial charge in [-0.1, -0.05) is 36.4 Å². The van der Waals surface area contributed by atoms with Crippen molar-refractivity contribution in [2.75, 3.05) is 20.2 Å². The number of hydrogen-bond donors (Lipinski definition) is 1. The van der Waals surface area contributed by atoms with Crippen LogP contribution in [-0.2, 0) is 32.3 Å². The molecule has 1 amide bonds. The van der Waals surface area contributed by atoms with Gasteiger partial charge in [-0.15, -0.1) is 10.2 Å². The third kappa shape index (κ3) is 7.19. The van der Waals surface area contributed by atoms with E-state index in [1.165, 1.54) is 18.9 Å². The van der Waals surface area contributed by atoms with Gasteiger partial charge in [0.05, 0.1) is 31.0 Å². The van der Waals surface area contributed by atoms with Crippen LogP contribution in [0.2, 0.25) is 0 Å². The second-order valence-corrected chi connectivity index (χ2v) is 9.43. The summed E-state index contributed by atoms with van der Waals surface area (Å²) >= 11 is 0. The van der Waals surface area contributed by atoms with E-state index >= 15 is 0 Å². The molecule has 0 aliphatic heterocycles. The fraction of sp³-hybridized carbons (Fsp3) is 0.423. The summed E-state index contributed by atoms with van der Waals surface area (Å²) in [6, 6.07) is 15.1. The summed E-state index contributed by atoms with van der Waals surface area (Å²) in [5, 5.41) is 8.62. The van der Waals surface area contributed by atoms with Crippen molar-refractivity contribution in [1.29, 1.82) is 0 Å². The number of rotatable bonds is 12. The zero-order valence-electron chi connectivity index (χ0n) is 21.1. The van der Waals surface area contributed by atoms with Gasteiger partial charge < -0.3 is 20.1 Å². The largest absolute Gasteiger partial charge is 0.443 e. The van der Waals surface area contributed by atoms with Gasteiger partial charge in [0, 0.05) is 19.4 Å². The Morgan fingerprint density at radius 3 is 2.44 bits per heavy atom. The van der Waals surface area contributed by atoms with Gasteiger partial charge in [-0.3, -0.25) is 14.0 Å². The van der Waals surface area contributed by atoms with Gasteiger partial charge in [0.15, 0.2) is 11.4 Å². The van der Waals surface area contributed by atoms with Gasteiger partial charge >= 0.3 is 6.09 Å². The van der Waals surface area contributed by atoms with Crippen molar-refractivity contribution in [3.8, 4) is 0 Å². The number of aromatic nitrogens is 3. The molecule has 36 heavy (non-hydrogen) atoms. The molecule has 3 rings (SSSR count). The zero-order chi connectivity index (χ0) is 26.3. The Bertz CT molecular complexity index is 1200. The summed E-state index contributed by atoms with van der Waals surface area (Å²) in [4.78, 5) is 37.7. The number of ketones is 2. The quantitative estimate of drug-likeness (QED) is 0.406. The maximum atomic E-state index is 12.9. The van der Waals surface area contributed by atoms with Crippen molar-refractivity contribution in [3.63, 3.8) is 0 Å². The van der Waals surface area contributed by atoms with Crippen LogP contribution in [0, 0.1) is 0 Å². The molecule has 2 aromatic heterocycles. The van der Waals surface area contributed by atoms with Crippen molar-refractivity contribution in [3.05, 3.63) is 65.6 Å². The van der Waals surface area contributed by atoms with Crippen molar-refractivity contribution in [1.82, 2.24) is 19.5 Å². The number of benzene rings is 1. The van der Waals surface area contributed by atoms with Gasteiger partial charge in [0.2, 0.25) is 0 Å². The number of nitrogens with two attached hydrogens (primary N) is 1. The molecule has 2 heterocycles. The summed E-state index contributed by atoms with van der Waals surface area (Å²) in [7, 11) is 1.49. The van der Waals surface area contributed by atoms with Crippen LogP contribution in [0.25, 0.3) is 5.65 Å². The highest BCUT2D eigenvalue weighted by atomic mass is 16.6. The standard InChI is InChI=1S/C26H33N5O5/c1-18(32)14-30(4)25(34)36-17-21-11-8-12-23-28-29-24(31(21)23)20(13-22(33)26(2,3)27)16-35-15-19-9-6-5-7-10-19/h5-12,20H,13-17,27H2,1-4H3/t20-/m1/s1. The minimum atomic E-state index is -1.02. The lowest BCUT2D eigenvalue weighted by molar-refractivity contribution is -0.124. The predicted octanol–water partition coefficient (Wildman–Crippen LogP) is 2.88. The van der Waals surface area contributed by atoms with Crippen molar-refractivity contribution >= 4 is 23.3 Å². The van der Waals surface area contributed by atoms with Crippen LogP contribution >= 0.6 is 0 Å². The molecule has 1 atom stereocenters. The van der Waals surface area contributed by atoms with E-state index in [-0.39, 0.29) is 37.7 Å². The van der Waals surface area contributed by atoms with E-state index in [4.69, 9.17) is 15.2 Å². The number of fused-ring (bicyclic) bond motifs is 1. The number of pyridine rings is 1. The summed E-state index contributed by atoms with van der Waals surface area (Å²) in [6.07, 6.45) is -0.520. The van der Waals surface area contributed by atoms with Crippen LogP contribution < -0.4 is 5.73 Å². The highest BCUT2D eigenvalue weighted by Gasteiger charge is 2.29. The number of nitrogens with zero attached hydrogens (tertiary/aromatic N) is 4. The molecule has 0 saturated carbocycles. The Labute approximate surface area is 210 Å². The minimum absolute atomic E-state index is 0.0429. The molecular weight excluding hydrogens is 462 g/mol. The van der Waals surface area contributed by atoms with E-state index in [0.29, 0.717) is 23.8 Å². The summed E-state index contributed by atoms with van der Waals surface area (Å²) in [5.74, 6) is -0.207. The van der Waals surface area contributed by atoms with Gasteiger partial charge in [0.1, 0.15) is 18.2 Å². The van der Waals surface area contributed by atoms with Crippen molar-refractivity contribution in [2.45, 2.75) is 51.9 Å². The smallest absolute Gasteiger partial charge is 0.410 e. The molecule has 0 unspecified atom stereocenters. The third-order valence-electron chi connectivity index (χ3n) is 5.60. The van der Waals surface area contributed by atoms with E-state index in [2.05, 4.69) is 10.2 Å². The van der Waals surface area contributed by atoms with Crippen LogP contribution in [0.1, 0.15) is 50.2 Å². The van der Waals surface area contributed by atoms with Crippen LogP contribution in [0.4, 0.5) is 4.79 Å². The van der Waals surface area contributed by atoms with E-state index in [9.17, 15) is 14.4 Å². The Kier molecular flexibility index (Phi) is 8.89. The lowest BCUT2D eigenvalue weighted by Crippen LogP contribution is -2.42. The number of Topliss-reactive ketones (excluding diaryl/α,β-unsaturated/α-hetero) is 2. The Balaban J connectivity index is 1.85. The summed E-state index contributed by atoms with van der Waals surface area (Å²) < 4.78 is 13.2. The number of carbonyl (C=O) groups is 3. The molecule has 10 heteroatoms. The number of amides is 1. The lowest BCUT2D eigenvalue weighted by atomic mass is 9.91. The molecule has 1 aromatic carbocycles. The molecular formula is C26H33N5O5. The van der Waals surface area contributed by atoms with E-state index in [1.807, 2.05) is 30.3 Å². The molecule has 0 aliphatic rings. The van der Waals surface area contributed by atoms with Crippen molar-refractivity contribution < 1.29 is 23.9 Å². The normalized spacial score (nSPS) is 12.4. The van der Waals surface area contributed by atoms with E-state index < -0.39 is 17.6 Å². The second-order valence-electron chi connectivity index (χ2n) is 9.43. The molecule has 0 saturated heterocycles. The highest BCUT2D eigenvalue weighted by Crippen LogP contribution is 2.24. The first-order valence-electron chi connectivity index (χ1n) is 11.7. The molecule has 0 aliphatic carbocycles. The van der Waals surface area contributed by atoms with Gasteiger partial charge in [0.25, 0.3) is 0 Å². The predicted molar refractivity (Wildman–Crippen MR) is 133 cm³/mol. The monoisotopic (exact) mass is 495 g/mol. The number of likely N-dealkylation sites (N-methyl/N-ethyl adjacent to an activating group) is 1. The second kappa shape index (κ2) is 11.9. The molecule has 2 N–H and O–H groups in total. The maximum Gasteiger partial charge on any atom is 0.410 e. The number of hydrogen-bond acceptors (Lipinski definition) is 8. The van der Waals surface area contributed by atoms with Crippen molar-refractivity contribution in [2.24, 2.45) is 5.73 Å². The SMILES string of the molecule is CC(=O)CN(C)C(=O)OCc1cccc2nnc([C@@H](COCc3ccccc3)CC(=O)C(C)(C)N)n12. The van der Waals surface area contributed by atoms with Crippen LogP contribution in [-0.4, -0.2) is 62.9 Å². The summed E-state index contributed by atoms with van der Waals surface area (Å²) in [5.41, 5.74) is 7.22. The minimum Gasteiger partial charge on any atom is -0.443 e. The molecule has 10 nitrogen and oxygen atoms in total. The average Bonchev–Trinajstić information content (AvgIpc) is 3.26. The summed E-state index contributed by atoms with van der Waals surface area (Å²) in [6.45, 7) is 5.21. The van der Waals surface area contributed by atoms with Gasteiger partial charge in [-0.05, 0) is 38.5 Å². The molecule has 192 valence electrons. The lowest BCUT2D eigenvalue weighted by Gasteiger charge is -2.22. The molecule has 3 aromatic rings. The fourth-order valence-electron chi connectivity index (χ4n) is 3.66. The average molecular weight is 496 g/mol. The van der Waals surface area contributed by atoms with Gasteiger partial charge in [-0.2, -0.15) is 0 Å². The van der Waals surface area contributed by atoms with Crippen LogP contribution in [0.3, 0.4) is 0 Å².